The number of urea groups is 1. The van der Waals surface area contributed by atoms with Gasteiger partial charge in [0.05, 0.1) is 6.42 Å². The molecule has 0 aromatic carbocycles. The van der Waals surface area contributed by atoms with E-state index in [1.807, 2.05) is 19.9 Å². The highest BCUT2D eigenvalue weighted by molar-refractivity contribution is 5.76. The normalized spacial score (nSPS) is 15.9. The summed E-state index contributed by atoms with van der Waals surface area (Å²) in [6.07, 6.45) is 3.92. The molecule has 96 valence electrons. The van der Waals surface area contributed by atoms with Crippen molar-refractivity contribution in [1.82, 2.24) is 10.6 Å². The van der Waals surface area contributed by atoms with Gasteiger partial charge in [-0.15, -0.1) is 0 Å². The minimum Gasteiger partial charge on any atom is -0.481 e. The van der Waals surface area contributed by atoms with Crippen LogP contribution in [0, 0.1) is 5.92 Å². The molecule has 0 radical (unpaired) electrons. The van der Waals surface area contributed by atoms with Crippen LogP contribution < -0.4 is 10.6 Å². The van der Waals surface area contributed by atoms with E-state index in [0.29, 0.717) is 12.5 Å². The smallest absolute Gasteiger partial charge is 0.315 e. The van der Waals surface area contributed by atoms with Crippen LogP contribution in [0.1, 0.15) is 33.1 Å². The zero-order valence-corrected chi connectivity index (χ0v) is 10.3. The Hall–Kier alpha value is -1.52. The number of nitrogens with one attached hydrogen (secondary N) is 2. The van der Waals surface area contributed by atoms with Crippen molar-refractivity contribution in [1.29, 1.82) is 0 Å². The molecule has 0 aromatic rings. The summed E-state index contributed by atoms with van der Waals surface area (Å²) < 4.78 is 0. The minimum atomic E-state index is -0.869. The van der Waals surface area contributed by atoms with Crippen molar-refractivity contribution in [2.45, 2.75) is 39.2 Å². The van der Waals surface area contributed by atoms with Crippen molar-refractivity contribution in [2.24, 2.45) is 5.92 Å². The summed E-state index contributed by atoms with van der Waals surface area (Å²) in [6.45, 7) is 4.38. The highest BCUT2D eigenvalue weighted by Crippen LogP contribution is 2.33. The fourth-order valence-corrected chi connectivity index (χ4v) is 1.59. The lowest BCUT2D eigenvalue weighted by atomic mass is 10.1. The molecule has 1 fully saturated rings. The van der Waals surface area contributed by atoms with Crippen LogP contribution in [-0.2, 0) is 4.79 Å². The lowest BCUT2D eigenvalue weighted by molar-refractivity contribution is -0.137. The van der Waals surface area contributed by atoms with E-state index in [0.717, 1.165) is 18.4 Å². The first-order valence-electron chi connectivity index (χ1n) is 5.88. The lowest BCUT2D eigenvalue weighted by Gasteiger charge is -2.16. The molecule has 0 saturated heterocycles. The van der Waals surface area contributed by atoms with Gasteiger partial charge >= 0.3 is 12.0 Å². The maximum absolute atomic E-state index is 11.5. The van der Waals surface area contributed by atoms with E-state index in [4.69, 9.17) is 5.11 Å². The summed E-state index contributed by atoms with van der Waals surface area (Å²) in [5.74, 6) is -0.535. The highest BCUT2D eigenvalue weighted by Gasteiger charge is 2.33. The molecule has 0 aromatic heterocycles. The average Bonchev–Trinajstić information content (AvgIpc) is 2.98. The molecular weight excluding hydrogens is 220 g/mol. The number of carbonyl (C=O) groups is 2. The SMILES string of the molecule is CC(C)=CCNC(=O)NC(CC(=O)O)C1CC1. The van der Waals surface area contributed by atoms with Crippen molar-refractivity contribution in [2.75, 3.05) is 6.54 Å². The van der Waals surface area contributed by atoms with Gasteiger partial charge in [0.15, 0.2) is 0 Å². The Balaban J connectivity index is 2.31. The molecule has 1 saturated carbocycles. The van der Waals surface area contributed by atoms with Crippen LogP contribution in [0.15, 0.2) is 11.6 Å². The van der Waals surface area contributed by atoms with Gasteiger partial charge in [0.1, 0.15) is 0 Å². The van der Waals surface area contributed by atoms with Crippen molar-refractivity contribution >= 4 is 12.0 Å². The van der Waals surface area contributed by atoms with Crippen LogP contribution >= 0.6 is 0 Å². The summed E-state index contributed by atoms with van der Waals surface area (Å²) in [4.78, 5) is 22.1. The molecule has 1 aliphatic rings. The number of amides is 2. The molecule has 17 heavy (non-hydrogen) atoms. The van der Waals surface area contributed by atoms with Crippen LogP contribution in [0.25, 0.3) is 0 Å². The van der Waals surface area contributed by atoms with Gasteiger partial charge in [-0.05, 0) is 32.6 Å². The number of rotatable bonds is 6. The molecule has 3 N–H and O–H groups in total. The van der Waals surface area contributed by atoms with Gasteiger partial charge in [-0.25, -0.2) is 4.79 Å². The Bertz CT molecular complexity index is 318. The molecule has 5 nitrogen and oxygen atoms in total. The average molecular weight is 240 g/mol. The molecule has 1 unspecified atom stereocenters. The van der Waals surface area contributed by atoms with E-state index in [2.05, 4.69) is 10.6 Å². The van der Waals surface area contributed by atoms with Gasteiger partial charge in [0, 0.05) is 12.6 Å². The molecule has 1 atom stereocenters. The van der Waals surface area contributed by atoms with Crippen molar-refractivity contribution in [3.63, 3.8) is 0 Å². The molecule has 0 aliphatic heterocycles. The number of hydrogen-bond acceptors (Lipinski definition) is 2. The number of carboxylic acids is 1. The van der Waals surface area contributed by atoms with E-state index in [1.54, 1.807) is 0 Å². The third kappa shape index (κ3) is 5.94. The number of aliphatic carboxylic acids is 1. The standard InChI is InChI=1S/C12H20N2O3/c1-8(2)5-6-13-12(17)14-10(7-11(15)16)9-3-4-9/h5,9-10H,3-4,6-7H2,1-2H3,(H,15,16)(H2,13,14,17). The number of carboxylic acid groups (broad SMARTS) is 1. The predicted octanol–water partition coefficient (Wildman–Crippen LogP) is 1.51. The topological polar surface area (TPSA) is 78.4 Å². The van der Waals surface area contributed by atoms with Crippen LogP contribution in [-0.4, -0.2) is 29.7 Å². The zero-order chi connectivity index (χ0) is 12.8. The molecule has 2 amide bonds. The number of allylic oxidation sites excluding steroid dienone is 1. The zero-order valence-electron chi connectivity index (χ0n) is 10.3. The molecular formula is C12H20N2O3. The first-order valence-corrected chi connectivity index (χ1v) is 5.88. The van der Waals surface area contributed by atoms with Gasteiger partial charge in [-0.1, -0.05) is 11.6 Å². The Morgan fingerprint density at radius 1 is 1.41 bits per heavy atom. The summed E-state index contributed by atoms with van der Waals surface area (Å²) in [5, 5.41) is 14.1. The Morgan fingerprint density at radius 3 is 2.53 bits per heavy atom. The number of hydrogen-bond donors (Lipinski definition) is 3. The van der Waals surface area contributed by atoms with E-state index < -0.39 is 5.97 Å². The second-order valence-corrected chi connectivity index (χ2v) is 4.68. The largest absolute Gasteiger partial charge is 0.481 e. The summed E-state index contributed by atoms with van der Waals surface area (Å²) >= 11 is 0. The van der Waals surface area contributed by atoms with Crippen LogP contribution in [0.4, 0.5) is 4.79 Å². The third-order valence-corrected chi connectivity index (χ3v) is 2.67. The van der Waals surface area contributed by atoms with Crippen molar-refractivity contribution < 1.29 is 14.7 Å². The Kier molecular flexibility index (Phi) is 5.00. The van der Waals surface area contributed by atoms with Gasteiger partial charge < -0.3 is 15.7 Å². The number of carbonyl (C=O) groups excluding carboxylic acids is 1. The Labute approximate surface area is 101 Å². The second-order valence-electron chi connectivity index (χ2n) is 4.68. The van der Waals surface area contributed by atoms with Crippen molar-refractivity contribution in [3.05, 3.63) is 11.6 Å². The fourth-order valence-electron chi connectivity index (χ4n) is 1.59. The highest BCUT2D eigenvalue weighted by atomic mass is 16.4. The Morgan fingerprint density at radius 2 is 2.06 bits per heavy atom. The molecule has 5 heteroatoms. The third-order valence-electron chi connectivity index (χ3n) is 2.67. The van der Waals surface area contributed by atoms with Gasteiger partial charge in [-0.3, -0.25) is 4.79 Å². The quantitative estimate of drug-likeness (QED) is 0.616. The van der Waals surface area contributed by atoms with Crippen LogP contribution in [0.2, 0.25) is 0 Å². The predicted molar refractivity (Wildman–Crippen MR) is 64.7 cm³/mol. The monoisotopic (exact) mass is 240 g/mol. The molecule has 0 spiro atoms. The first-order chi connectivity index (χ1) is 7.99. The van der Waals surface area contributed by atoms with Gasteiger partial charge in [0.2, 0.25) is 0 Å². The minimum absolute atomic E-state index is 0.000726. The lowest BCUT2D eigenvalue weighted by Crippen LogP contribution is -2.44. The van der Waals surface area contributed by atoms with E-state index in [-0.39, 0.29) is 18.5 Å². The van der Waals surface area contributed by atoms with Gasteiger partial charge in [0.25, 0.3) is 0 Å². The summed E-state index contributed by atoms with van der Waals surface area (Å²) in [5.41, 5.74) is 1.13. The first kappa shape index (κ1) is 13.5. The summed E-state index contributed by atoms with van der Waals surface area (Å²) in [7, 11) is 0. The van der Waals surface area contributed by atoms with E-state index in [9.17, 15) is 9.59 Å². The van der Waals surface area contributed by atoms with E-state index in [1.165, 1.54) is 0 Å². The molecule has 0 heterocycles. The van der Waals surface area contributed by atoms with Crippen LogP contribution in [0.5, 0.6) is 0 Å². The molecule has 0 bridgehead atoms. The maximum Gasteiger partial charge on any atom is 0.315 e. The van der Waals surface area contributed by atoms with E-state index >= 15 is 0 Å². The maximum atomic E-state index is 11.5. The summed E-state index contributed by atoms with van der Waals surface area (Å²) in [6, 6.07) is -0.528. The molecule has 1 aliphatic carbocycles. The van der Waals surface area contributed by atoms with Crippen LogP contribution in [0.3, 0.4) is 0 Å². The molecule has 1 rings (SSSR count). The second kappa shape index (κ2) is 6.27. The van der Waals surface area contributed by atoms with Gasteiger partial charge in [-0.2, -0.15) is 0 Å². The fraction of sp³-hybridized carbons (Fsp3) is 0.667. The van der Waals surface area contributed by atoms with Crippen molar-refractivity contribution in [3.8, 4) is 0 Å².